The Labute approximate surface area is 115 Å². The van der Waals surface area contributed by atoms with E-state index in [1.165, 1.54) is 0 Å². The SMILES string of the molecule is CCNc1nc(C)cc(N(C)CC2CCOCC2)n1. The second kappa shape index (κ2) is 6.70. The summed E-state index contributed by atoms with van der Waals surface area (Å²) in [6.45, 7) is 7.72. The van der Waals surface area contributed by atoms with E-state index in [9.17, 15) is 0 Å². The summed E-state index contributed by atoms with van der Waals surface area (Å²) >= 11 is 0. The fourth-order valence-electron chi connectivity index (χ4n) is 2.39. The number of anilines is 2. The van der Waals surface area contributed by atoms with Crippen LogP contribution in [0.4, 0.5) is 11.8 Å². The van der Waals surface area contributed by atoms with E-state index in [0.717, 1.165) is 56.6 Å². The first-order valence-electron chi connectivity index (χ1n) is 7.07. The van der Waals surface area contributed by atoms with Crippen molar-refractivity contribution in [3.63, 3.8) is 0 Å². The zero-order chi connectivity index (χ0) is 13.7. The average Bonchev–Trinajstić information content (AvgIpc) is 2.39. The Morgan fingerprint density at radius 3 is 2.79 bits per heavy atom. The molecule has 0 spiro atoms. The van der Waals surface area contributed by atoms with Crippen molar-refractivity contribution in [3.8, 4) is 0 Å². The van der Waals surface area contributed by atoms with Gasteiger partial charge in [-0.2, -0.15) is 4.98 Å². The Bertz CT molecular complexity index is 404. The fraction of sp³-hybridized carbons (Fsp3) is 0.714. The minimum Gasteiger partial charge on any atom is -0.381 e. The topological polar surface area (TPSA) is 50.3 Å². The molecule has 0 bridgehead atoms. The molecule has 0 aliphatic carbocycles. The number of ether oxygens (including phenoxy) is 1. The first-order chi connectivity index (χ1) is 9.19. The van der Waals surface area contributed by atoms with Gasteiger partial charge in [0.1, 0.15) is 5.82 Å². The summed E-state index contributed by atoms with van der Waals surface area (Å²) in [5.74, 6) is 2.42. The van der Waals surface area contributed by atoms with Crippen molar-refractivity contribution in [3.05, 3.63) is 11.8 Å². The molecule has 1 aromatic heterocycles. The lowest BCUT2D eigenvalue weighted by Gasteiger charge is -2.28. The van der Waals surface area contributed by atoms with Crippen molar-refractivity contribution in [2.75, 3.05) is 43.6 Å². The number of aryl methyl sites for hydroxylation is 1. The van der Waals surface area contributed by atoms with Crippen molar-refractivity contribution in [2.45, 2.75) is 26.7 Å². The normalized spacial score (nSPS) is 16.4. The van der Waals surface area contributed by atoms with Crippen LogP contribution in [0.15, 0.2) is 6.07 Å². The van der Waals surface area contributed by atoms with Gasteiger partial charge in [-0.05, 0) is 32.6 Å². The van der Waals surface area contributed by atoms with Gasteiger partial charge in [-0.1, -0.05) is 0 Å². The van der Waals surface area contributed by atoms with Crippen LogP contribution >= 0.6 is 0 Å². The van der Waals surface area contributed by atoms with Crippen LogP contribution in [0.3, 0.4) is 0 Å². The molecular formula is C14H24N4O. The third kappa shape index (κ3) is 4.06. The minimum atomic E-state index is 0.705. The van der Waals surface area contributed by atoms with Crippen LogP contribution in [-0.2, 0) is 4.74 Å². The highest BCUT2D eigenvalue weighted by molar-refractivity contribution is 5.44. The van der Waals surface area contributed by atoms with Gasteiger partial charge in [0.2, 0.25) is 5.95 Å². The monoisotopic (exact) mass is 264 g/mol. The molecule has 0 radical (unpaired) electrons. The maximum atomic E-state index is 5.40. The zero-order valence-corrected chi connectivity index (χ0v) is 12.1. The van der Waals surface area contributed by atoms with E-state index in [1.807, 2.05) is 13.0 Å². The maximum absolute atomic E-state index is 5.40. The van der Waals surface area contributed by atoms with E-state index < -0.39 is 0 Å². The Morgan fingerprint density at radius 2 is 2.11 bits per heavy atom. The van der Waals surface area contributed by atoms with Gasteiger partial charge in [-0.25, -0.2) is 4.98 Å². The molecule has 0 aromatic carbocycles. The summed E-state index contributed by atoms with van der Waals surface area (Å²) in [5, 5.41) is 3.18. The second-order valence-electron chi connectivity index (χ2n) is 5.16. The van der Waals surface area contributed by atoms with Crippen LogP contribution in [0.2, 0.25) is 0 Å². The summed E-state index contributed by atoms with van der Waals surface area (Å²) < 4.78 is 5.40. The Hall–Kier alpha value is -1.36. The molecule has 2 heterocycles. The Balaban J connectivity index is 2.02. The maximum Gasteiger partial charge on any atom is 0.224 e. The van der Waals surface area contributed by atoms with Crippen LogP contribution in [0, 0.1) is 12.8 Å². The molecule has 1 saturated heterocycles. The number of hydrogen-bond donors (Lipinski definition) is 1. The lowest BCUT2D eigenvalue weighted by Crippen LogP contribution is -2.30. The Morgan fingerprint density at radius 1 is 1.37 bits per heavy atom. The Kier molecular flexibility index (Phi) is 4.96. The smallest absolute Gasteiger partial charge is 0.224 e. The summed E-state index contributed by atoms with van der Waals surface area (Å²) in [4.78, 5) is 11.2. The van der Waals surface area contributed by atoms with E-state index in [1.54, 1.807) is 0 Å². The number of rotatable bonds is 5. The number of nitrogens with zero attached hydrogens (tertiary/aromatic N) is 3. The highest BCUT2D eigenvalue weighted by atomic mass is 16.5. The predicted octanol–water partition coefficient (Wildman–Crippen LogP) is 2.08. The molecule has 1 aliphatic heterocycles. The fourth-order valence-corrected chi connectivity index (χ4v) is 2.39. The van der Waals surface area contributed by atoms with E-state index in [2.05, 4.69) is 34.2 Å². The first kappa shape index (κ1) is 14.1. The molecular weight excluding hydrogens is 240 g/mol. The molecule has 0 saturated carbocycles. The van der Waals surface area contributed by atoms with Crippen LogP contribution in [-0.4, -0.2) is 43.3 Å². The van der Waals surface area contributed by atoms with Gasteiger partial charge in [0.15, 0.2) is 0 Å². The minimum absolute atomic E-state index is 0.705. The van der Waals surface area contributed by atoms with Crippen LogP contribution < -0.4 is 10.2 Å². The van der Waals surface area contributed by atoms with Crippen molar-refractivity contribution in [1.82, 2.24) is 9.97 Å². The van der Waals surface area contributed by atoms with Gasteiger partial charge < -0.3 is 15.0 Å². The summed E-state index contributed by atoms with van der Waals surface area (Å²) in [7, 11) is 2.10. The molecule has 1 aromatic rings. The molecule has 19 heavy (non-hydrogen) atoms. The van der Waals surface area contributed by atoms with Gasteiger partial charge in [-0.15, -0.1) is 0 Å². The van der Waals surface area contributed by atoms with Gasteiger partial charge >= 0.3 is 0 Å². The van der Waals surface area contributed by atoms with Gasteiger partial charge in [-0.3, -0.25) is 0 Å². The van der Waals surface area contributed by atoms with Crippen LogP contribution in [0.1, 0.15) is 25.5 Å². The van der Waals surface area contributed by atoms with Crippen molar-refractivity contribution < 1.29 is 4.74 Å². The molecule has 1 aliphatic rings. The van der Waals surface area contributed by atoms with Crippen molar-refractivity contribution in [2.24, 2.45) is 5.92 Å². The summed E-state index contributed by atoms with van der Waals surface area (Å²) in [6.07, 6.45) is 2.29. The predicted molar refractivity (Wildman–Crippen MR) is 77.7 cm³/mol. The number of aromatic nitrogens is 2. The van der Waals surface area contributed by atoms with Gasteiger partial charge in [0.25, 0.3) is 0 Å². The second-order valence-corrected chi connectivity index (χ2v) is 5.16. The first-order valence-corrected chi connectivity index (χ1v) is 7.07. The van der Waals surface area contributed by atoms with Gasteiger partial charge in [0.05, 0.1) is 0 Å². The van der Waals surface area contributed by atoms with E-state index >= 15 is 0 Å². The lowest BCUT2D eigenvalue weighted by atomic mass is 10.00. The number of nitrogens with one attached hydrogen (secondary N) is 1. The number of hydrogen-bond acceptors (Lipinski definition) is 5. The molecule has 5 nitrogen and oxygen atoms in total. The van der Waals surface area contributed by atoms with Crippen LogP contribution in [0.25, 0.3) is 0 Å². The summed E-state index contributed by atoms with van der Waals surface area (Å²) in [5.41, 5.74) is 1.000. The zero-order valence-electron chi connectivity index (χ0n) is 12.1. The average molecular weight is 264 g/mol. The largest absolute Gasteiger partial charge is 0.381 e. The molecule has 1 N–H and O–H groups in total. The van der Waals surface area contributed by atoms with E-state index in [4.69, 9.17) is 4.74 Å². The van der Waals surface area contributed by atoms with E-state index in [-0.39, 0.29) is 0 Å². The highest BCUT2D eigenvalue weighted by Crippen LogP contribution is 2.19. The third-order valence-electron chi connectivity index (χ3n) is 3.44. The van der Waals surface area contributed by atoms with Crippen LogP contribution in [0.5, 0.6) is 0 Å². The summed E-state index contributed by atoms with van der Waals surface area (Å²) in [6, 6.07) is 2.04. The third-order valence-corrected chi connectivity index (χ3v) is 3.44. The highest BCUT2D eigenvalue weighted by Gasteiger charge is 2.17. The molecule has 0 amide bonds. The molecule has 2 rings (SSSR count). The van der Waals surface area contributed by atoms with E-state index in [0.29, 0.717) is 5.92 Å². The van der Waals surface area contributed by atoms with Crippen molar-refractivity contribution in [1.29, 1.82) is 0 Å². The molecule has 0 unspecified atom stereocenters. The van der Waals surface area contributed by atoms with Crippen molar-refractivity contribution >= 4 is 11.8 Å². The molecule has 0 atom stereocenters. The lowest BCUT2D eigenvalue weighted by molar-refractivity contribution is 0.0685. The molecule has 1 fully saturated rings. The molecule has 5 heteroatoms. The standard InChI is InChI=1S/C14H24N4O/c1-4-15-14-16-11(2)9-13(17-14)18(3)10-12-5-7-19-8-6-12/h9,12H,4-8,10H2,1-3H3,(H,15,16,17). The molecule has 106 valence electrons. The quantitative estimate of drug-likeness (QED) is 0.882. The van der Waals surface area contributed by atoms with Gasteiger partial charge in [0, 0.05) is 45.1 Å².